The van der Waals surface area contributed by atoms with Crippen molar-refractivity contribution in [2.24, 2.45) is 0 Å². The monoisotopic (exact) mass is 569 g/mol. The number of hydrogen-bond donors (Lipinski definition) is 3. The average Bonchev–Trinajstić information content (AvgIpc) is 3.35. The maximum atomic E-state index is 13.3. The van der Waals surface area contributed by atoms with Crippen molar-refractivity contribution in [3.63, 3.8) is 0 Å². The number of aliphatic hydroxyl groups is 1. The van der Waals surface area contributed by atoms with E-state index in [0.717, 1.165) is 25.7 Å². The fourth-order valence-electron chi connectivity index (χ4n) is 5.14. The van der Waals surface area contributed by atoms with Gasteiger partial charge in [-0.2, -0.15) is 0 Å². The van der Waals surface area contributed by atoms with Crippen LogP contribution in [-0.2, 0) is 14.2 Å². The predicted molar refractivity (Wildman–Crippen MR) is 151 cm³/mol. The number of amides is 2. The highest BCUT2D eigenvalue weighted by Gasteiger charge is 2.34. The number of imidazole rings is 1. The van der Waals surface area contributed by atoms with Crippen molar-refractivity contribution in [1.82, 2.24) is 24.8 Å². The highest BCUT2D eigenvalue weighted by atomic mass is 16.6. The summed E-state index contributed by atoms with van der Waals surface area (Å²) in [5, 5.41) is 22.1. The number of nitrogens with one attached hydrogen (secondary N) is 2. The summed E-state index contributed by atoms with van der Waals surface area (Å²) in [6.45, 7) is 6.64. The van der Waals surface area contributed by atoms with E-state index in [9.17, 15) is 14.7 Å². The number of aliphatic hydroxyl groups excluding tert-OH is 1. The summed E-state index contributed by atoms with van der Waals surface area (Å²) in [5.41, 5.74) is 0.657. The van der Waals surface area contributed by atoms with Gasteiger partial charge in [0.05, 0.1) is 29.7 Å². The number of carbonyl (C=O) groups excluding carboxylic acids is 2. The van der Waals surface area contributed by atoms with Crippen LogP contribution in [0.4, 0.5) is 16.3 Å². The second-order valence-electron chi connectivity index (χ2n) is 11.5. The van der Waals surface area contributed by atoms with Gasteiger partial charge in [-0.1, -0.05) is 0 Å². The third-order valence-corrected chi connectivity index (χ3v) is 7.52. The van der Waals surface area contributed by atoms with Crippen LogP contribution in [0.2, 0.25) is 0 Å². The lowest BCUT2D eigenvalue weighted by atomic mass is 9.89. The Hall–Kier alpha value is -3.68. The molecule has 1 saturated carbocycles. The molecule has 3 atom stereocenters. The van der Waals surface area contributed by atoms with Crippen LogP contribution in [0, 0.1) is 0 Å². The van der Waals surface area contributed by atoms with E-state index in [4.69, 9.17) is 14.2 Å². The molecule has 0 spiro atoms. The van der Waals surface area contributed by atoms with Gasteiger partial charge in [-0.3, -0.25) is 9.69 Å². The van der Waals surface area contributed by atoms with Crippen molar-refractivity contribution in [3.8, 4) is 0 Å². The molecule has 3 aliphatic rings. The molecule has 13 nitrogen and oxygen atoms in total. The van der Waals surface area contributed by atoms with E-state index >= 15 is 0 Å². The number of anilines is 2. The minimum absolute atomic E-state index is 0.0383. The molecular formula is C28H39N7O6. The van der Waals surface area contributed by atoms with Crippen LogP contribution in [0.3, 0.4) is 0 Å². The summed E-state index contributed by atoms with van der Waals surface area (Å²) < 4.78 is 17.9. The van der Waals surface area contributed by atoms with Gasteiger partial charge in [0, 0.05) is 45.7 Å². The SMILES string of the molecule is CO[C@H]1CC[C@@H]1NC(=O)c1cnc2c(N(C)C(=O)OC(C)(C)C)cc(NC3=CC=CN(C4CCOCC4)C3O)nn12. The van der Waals surface area contributed by atoms with Gasteiger partial charge in [-0.05, 0) is 58.6 Å². The maximum Gasteiger partial charge on any atom is 0.414 e. The molecule has 2 aliphatic heterocycles. The molecule has 222 valence electrons. The van der Waals surface area contributed by atoms with Crippen molar-refractivity contribution in [3.05, 3.63) is 42.0 Å². The Labute approximate surface area is 239 Å². The van der Waals surface area contributed by atoms with Crippen LogP contribution in [0.25, 0.3) is 5.65 Å². The Bertz CT molecular complexity index is 1340. The lowest BCUT2D eigenvalue weighted by Gasteiger charge is -2.39. The predicted octanol–water partition coefficient (Wildman–Crippen LogP) is 2.63. The van der Waals surface area contributed by atoms with Gasteiger partial charge in [-0.15, -0.1) is 5.10 Å². The standard InChI is InChI=1S/C28H39N7O6/c1-28(2,3)41-27(38)33(4)20-15-23(30-19-7-6-12-34(26(19)37)17-10-13-40-14-11-17)32-35-21(16-29-24(20)35)25(36)31-18-8-9-22(18)39-5/h6-7,12,15-18,22,26,37H,8-11,13-14H2,1-5H3,(H,30,32)(H,31,36)/t18-,22-,26?/m0/s1. The molecule has 13 heteroatoms. The second-order valence-corrected chi connectivity index (χ2v) is 11.5. The molecule has 41 heavy (non-hydrogen) atoms. The largest absolute Gasteiger partial charge is 0.443 e. The number of hydrogen-bond acceptors (Lipinski definition) is 10. The molecular weight excluding hydrogens is 530 g/mol. The second kappa shape index (κ2) is 11.7. The molecule has 3 N–H and O–H groups in total. The Morgan fingerprint density at radius 2 is 1.95 bits per heavy atom. The van der Waals surface area contributed by atoms with Crippen LogP contribution in [0.5, 0.6) is 0 Å². The van der Waals surface area contributed by atoms with Crippen molar-refractivity contribution in [1.29, 1.82) is 0 Å². The van der Waals surface area contributed by atoms with Crippen molar-refractivity contribution in [2.45, 2.75) is 76.5 Å². The van der Waals surface area contributed by atoms with Gasteiger partial charge in [-0.25, -0.2) is 14.3 Å². The number of rotatable bonds is 7. The first-order valence-corrected chi connectivity index (χ1v) is 13.9. The van der Waals surface area contributed by atoms with E-state index in [1.807, 2.05) is 17.2 Å². The zero-order valence-corrected chi connectivity index (χ0v) is 24.2. The van der Waals surface area contributed by atoms with E-state index in [1.54, 1.807) is 47.1 Å². The van der Waals surface area contributed by atoms with Gasteiger partial charge in [0.25, 0.3) is 5.91 Å². The van der Waals surface area contributed by atoms with E-state index in [2.05, 4.69) is 20.7 Å². The normalized spacial score (nSPS) is 23.1. The summed E-state index contributed by atoms with van der Waals surface area (Å²) in [4.78, 5) is 34.0. The first kappa shape index (κ1) is 28.8. The van der Waals surface area contributed by atoms with Crippen LogP contribution in [0.1, 0.15) is 56.9 Å². The quantitative estimate of drug-likeness (QED) is 0.455. The lowest BCUT2D eigenvalue weighted by molar-refractivity contribution is -0.0123. The summed E-state index contributed by atoms with van der Waals surface area (Å²) in [6, 6.07) is 1.68. The highest BCUT2D eigenvalue weighted by Crippen LogP contribution is 2.29. The van der Waals surface area contributed by atoms with Gasteiger partial charge in [0.1, 0.15) is 5.60 Å². The first-order valence-electron chi connectivity index (χ1n) is 13.9. The Balaban J connectivity index is 1.47. The van der Waals surface area contributed by atoms with E-state index < -0.39 is 17.9 Å². The van der Waals surface area contributed by atoms with Crippen molar-refractivity contribution >= 4 is 29.2 Å². The van der Waals surface area contributed by atoms with Crippen LogP contribution >= 0.6 is 0 Å². The fourth-order valence-corrected chi connectivity index (χ4v) is 5.14. The molecule has 4 heterocycles. The summed E-state index contributed by atoms with van der Waals surface area (Å²) in [7, 11) is 3.20. The van der Waals surface area contributed by atoms with E-state index in [-0.39, 0.29) is 29.8 Å². The van der Waals surface area contributed by atoms with Gasteiger partial charge in [0.2, 0.25) is 0 Å². The fraction of sp³-hybridized carbons (Fsp3) is 0.571. The van der Waals surface area contributed by atoms with Gasteiger partial charge < -0.3 is 34.9 Å². The first-order chi connectivity index (χ1) is 19.6. The molecule has 1 saturated heterocycles. The van der Waals surface area contributed by atoms with Crippen molar-refractivity contribution in [2.75, 3.05) is 37.6 Å². The minimum atomic E-state index is -0.942. The summed E-state index contributed by atoms with van der Waals surface area (Å²) >= 11 is 0. The van der Waals surface area contributed by atoms with Crippen molar-refractivity contribution < 1.29 is 28.9 Å². The van der Waals surface area contributed by atoms with E-state index in [0.29, 0.717) is 36.1 Å². The lowest BCUT2D eigenvalue weighted by Crippen LogP contribution is -2.51. The third-order valence-electron chi connectivity index (χ3n) is 7.52. The molecule has 5 rings (SSSR count). The smallest absolute Gasteiger partial charge is 0.414 e. The van der Waals surface area contributed by atoms with Crippen LogP contribution < -0.4 is 15.5 Å². The number of ether oxygens (including phenoxy) is 3. The van der Waals surface area contributed by atoms with E-state index in [1.165, 1.54) is 15.6 Å². The zero-order chi connectivity index (χ0) is 29.3. The molecule has 0 bridgehead atoms. The average molecular weight is 570 g/mol. The molecule has 2 fully saturated rings. The number of aromatic nitrogens is 3. The topological polar surface area (TPSA) is 143 Å². The number of carbonyl (C=O) groups is 2. The van der Waals surface area contributed by atoms with Crippen LogP contribution in [-0.4, -0.2) is 94.0 Å². The molecule has 1 unspecified atom stereocenters. The summed E-state index contributed by atoms with van der Waals surface area (Å²) in [6.07, 6.45) is 8.67. The Morgan fingerprint density at radius 3 is 2.61 bits per heavy atom. The number of nitrogens with zero attached hydrogens (tertiary/aromatic N) is 5. The highest BCUT2D eigenvalue weighted by molar-refractivity contribution is 5.96. The Kier molecular flexibility index (Phi) is 8.20. The number of allylic oxidation sites excluding steroid dienone is 2. The van der Waals surface area contributed by atoms with Crippen LogP contribution in [0.15, 0.2) is 36.3 Å². The zero-order valence-electron chi connectivity index (χ0n) is 24.2. The minimum Gasteiger partial charge on any atom is -0.443 e. The molecule has 2 amide bonds. The number of methoxy groups -OCH3 is 1. The number of fused-ring (bicyclic) bond motifs is 1. The molecule has 2 aromatic rings. The molecule has 0 radical (unpaired) electrons. The molecule has 0 aromatic carbocycles. The molecule has 1 aliphatic carbocycles. The Morgan fingerprint density at radius 1 is 1.20 bits per heavy atom. The van der Waals surface area contributed by atoms with Gasteiger partial charge in [0.15, 0.2) is 23.4 Å². The molecule has 2 aromatic heterocycles. The van der Waals surface area contributed by atoms with Gasteiger partial charge >= 0.3 is 6.09 Å². The summed E-state index contributed by atoms with van der Waals surface area (Å²) in [5.74, 6) is -0.0498. The maximum absolute atomic E-state index is 13.3. The third kappa shape index (κ3) is 6.16.